The summed E-state index contributed by atoms with van der Waals surface area (Å²) in [6.07, 6.45) is 1.86. The number of amides is 1. The normalized spacial score (nSPS) is 11.8. The van der Waals surface area contributed by atoms with E-state index in [0.29, 0.717) is 19.6 Å². The number of aromatic amines is 1. The summed E-state index contributed by atoms with van der Waals surface area (Å²) < 4.78 is 0. The number of H-pyrrole nitrogens is 1. The molecule has 4 heteroatoms. The molecule has 0 saturated heterocycles. The number of fused-ring (bicyclic) bond motifs is 1. The van der Waals surface area contributed by atoms with Crippen LogP contribution >= 0.6 is 0 Å². The first-order chi connectivity index (χ1) is 9.48. The van der Waals surface area contributed by atoms with Crippen LogP contribution in [0.5, 0.6) is 0 Å². The third-order valence-electron chi connectivity index (χ3n) is 3.67. The molecule has 0 atom stereocenters. The van der Waals surface area contributed by atoms with Crippen LogP contribution < -0.4 is 5.73 Å². The Morgan fingerprint density at radius 2 is 2.10 bits per heavy atom. The number of nitrogens with zero attached hydrogens (tertiary/aromatic N) is 1. The zero-order valence-corrected chi connectivity index (χ0v) is 12.4. The lowest BCUT2D eigenvalue weighted by molar-refractivity contribution is 0.0703. The molecule has 20 heavy (non-hydrogen) atoms. The van der Waals surface area contributed by atoms with Gasteiger partial charge in [-0.05, 0) is 37.1 Å². The molecule has 1 aromatic carbocycles. The van der Waals surface area contributed by atoms with Gasteiger partial charge in [0.1, 0.15) is 0 Å². The topological polar surface area (TPSA) is 62.1 Å². The average molecular weight is 273 g/mol. The van der Waals surface area contributed by atoms with Crippen LogP contribution in [-0.2, 0) is 0 Å². The molecule has 0 radical (unpaired) electrons. The maximum atomic E-state index is 12.8. The highest BCUT2D eigenvalue weighted by Crippen LogP contribution is 2.21. The van der Waals surface area contributed by atoms with Crippen LogP contribution in [0, 0.1) is 5.41 Å². The monoisotopic (exact) mass is 273 g/mol. The number of aromatic nitrogens is 1. The van der Waals surface area contributed by atoms with E-state index in [2.05, 4.69) is 18.8 Å². The zero-order chi connectivity index (χ0) is 14.8. The van der Waals surface area contributed by atoms with E-state index < -0.39 is 0 Å². The Bertz CT molecular complexity index is 601. The number of nitrogens with one attached hydrogen (secondary N) is 1. The van der Waals surface area contributed by atoms with E-state index in [9.17, 15) is 4.79 Å². The highest BCUT2D eigenvalue weighted by Gasteiger charge is 2.24. The van der Waals surface area contributed by atoms with Gasteiger partial charge >= 0.3 is 0 Å². The summed E-state index contributed by atoms with van der Waals surface area (Å²) in [6.45, 7) is 8.08. The Morgan fingerprint density at radius 1 is 1.35 bits per heavy atom. The molecular weight excluding hydrogens is 250 g/mol. The molecule has 0 spiro atoms. The quantitative estimate of drug-likeness (QED) is 0.879. The molecule has 3 N–H and O–H groups in total. The van der Waals surface area contributed by atoms with E-state index in [1.54, 1.807) is 0 Å². The van der Waals surface area contributed by atoms with E-state index in [0.717, 1.165) is 16.5 Å². The number of rotatable bonds is 5. The van der Waals surface area contributed by atoms with E-state index in [4.69, 9.17) is 5.73 Å². The minimum absolute atomic E-state index is 0.0687. The molecule has 0 aliphatic carbocycles. The van der Waals surface area contributed by atoms with E-state index >= 15 is 0 Å². The van der Waals surface area contributed by atoms with Gasteiger partial charge in [-0.15, -0.1) is 0 Å². The summed E-state index contributed by atoms with van der Waals surface area (Å²) >= 11 is 0. The van der Waals surface area contributed by atoms with Gasteiger partial charge in [-0.2, -0.15) is 0 Å². The number of hydrogen-bond acceptors (Lipinski definition) is 2. The number of carbonyl (C=O) groups is 1. The van der Waals surface area contributed by atoms with E-state index in [1.165, 1.54) is 0 Å². The molecule has 0 aliphatic heterocycles. The minimum atomic E-state index is -0.0717. The predicted molar refractivity (Wildman–Crippen MR) is 82.7 cm³/mol. The number of carbonyl (C=O) groups excluding carboxylic acids is 1. The second kappa shape index (κ2) is 5.67. The van der Waals surface area contributed by atoms with Gasteiger partial charge in [0.25, 0.3) is 5.91 Å². The van der Waals surface area contributed by atoms with Crippen molar-refractivity contribution < 1.29 is 4.79 Å². The molecule has 2 rings (SSSR count). The molecule has 108 valence electrons. The highest BCUT2D eigenvalue weighted by atomic mass is 16.2. The predicted octanol–water partition coefficient (Wildman–Crippen LogP) is 2.61. The summed E-state index contributed by atoms with van der Waals surface area (Å²) in [6, 6.07) is 7.72. The first kappa shape index (κ1) is 14.6. The van der Waals surface area contributed by atoms with Crippen molar-refractivity contribution in [3.63, 3.8) is 0 Å². The lowest BCUT2D eigenvalue weighted by Crippen LogP contribution is -2.42. The smallest absolute Gasteiger partial charge is 0.254 e. The Kier molecular flexibility index (Phi) is 4.14. The molecule has 4 nitrogen and oxygen atoms in total. The summed E-state index contributed by atoms with van der Waals surface area (Å²) in [5.74, 6) is 0.0687. The molecule has 0 aliphatic rings. The lowest BCUT2D eigenvalue weighted by Gasteiger charge is -2.31. The Hall–Kier alpha value is -1.81. The van der Waals surface area contributed by atoms with Crippen LogP contribution in [0.25, 0.3) is 10.9 Å². The van der Waals surface area contributed by atoms with Crippen molar-refractivity contribution in [2.75, 3.05) is 19.6 Å². The van der Waals surface area contributed by atoms with Crippen molar-refractivity contribution in [1.29, 1.82) is 0 Å². The highest BCUT2D eigenvalue weighted by molar-refractivity contribution is 6.06. The molecule has 0 fully saturated rings. The largest absolute Gasteiger partial charge is 0.361 e. The molecule has 1 amide bonds. The Balaban J connectivity index is 2.31. The van der Waals surface area contributed by atoms with Crippen molar-refractivity contribution in [3.8, 4) is 0 Å². The number of benzene rings is 1. The van der Waals surface area contributed by atoms with Gasteiger partial charge in [-0.1, -0.05) is 19.9 Å². The molecule has 1 aromatic heterocycles. The fourth-order valence-electron chi connectivity index (χ4n) is 2.35. The zero-order valence-electron chi connectivity index (χ0n) is 12.4. The Morgan fingerprint density at radius 3 is 2.75 bits per heavy atom. The molecule has 0 saturated carbocycles. The fraction of sp³-hybridized carbons (Fsp3) is 0.438. The van der Waals surface area contributed by atoms with Crippen LogP contribution in [0.2, 0.25) is 0 Å². The van der Waals surface area contributed by atoms with Crippen LogP contribution in [0.4, 0.5) is 0 Å². The Labute approximate surface area is 120 Å². The van der Waals surface area contributed by atoms with Crippen LogP contribution in [0.15, 0.2) is 30.5 Å². The third kappa shape index (κ3) is 2.85. The van der Waals surface area contributed by atoms with E-state index in [-0.39, 0.29) is 11.3 Å². The van der Waals surface area contributed by atoms with Gasteiger partial charge in [0, 0.05) is 35.8 Å². The van der Waals surface area contributed by atoms with Gasteiger partial charge in [0.15, 0.2) is 0 Å². The van der Waals surface area contributed by atoms with Crippen LogP contribution in [0.3, 0.4) is 0 Å². The second-order valence-electron chi connectivity index (χ2n) is 5.93. The van der Waals surface area contributed by atoms with Crippen LogP contribution in [0.1, 0.15) is 31.1 Å². The van der Waals surface area contributed by atoms with Crippen molar-refractivity contribution in [2.45, 2.75) is 20.8 Å². The van der Waals surface area contributed by atoms with Crippen LogP contribution in [-0.4, -0.2) is 35.4 Å². The SMILES string of the molecule is CCN(CC(C)(C)CN)C(=O)c1cccc2[nH]ccc12. The summed E-state index contributed by atoms with van der Waals surface area (Å²) in [5.41, 5.74) is 7.45. The van der Waals surface area contributed by atoms with Crippen molar-refractivity contribution in [2.24, 2.45) is 11.1 Å². The first-order valence-corrected chi connectivity index (χ1v) is 7.04. The maximum absolute atomic E-state index is 12.8. The van der Waals surface area contributed by atoms with Crippen molar-refractivity contribution in [3.05, 3.63) is 36.0 Å². The van der Waals surface area contributed by atoms with Gasteiger partial charge < -0.3 is 15.6 Å². The molecular formula is C16H23N3O. The van der Waals surface area contributed by atoms with Crippen molar-refractivity contribution >= 4 is 16.8 Å². The van der Waals surface area contributed by atoms with Gasteiger partial charge in [0.05, 0.1) is 0 Å². The minimum Gasteiger partial charge on any atom is -0.361 e. The first-order valence-electron chi connectivity index (χ1n) is 7.04. The fourth-order valence-corrected chi connectivity index (χ4v) is 2.35. The third-order valence-corrected chi connectivity index (χ3v) is 3.67. The summed E-state index contributed by atoms with van der Waals surface area (Å²) in [5, 5.41) is 0.974. The van der Waals surface area contributed by atoms with E-state index in [1.807, 2.05) is 42.3 Å². The van der Waals surface area contributed by atoms with Gasteiger partial charge in [0.2, 0.25) is 0 Å². The van der Waals surface area contributed by atoms with Crippen molar-refractivity contribution in [1.82, 2.24) is 9.88 Å². The number of hydrogen-bond donors (Lipinski definition) is 2. The average Bonchev–Trinajstić information content (AvgIpc) is 2.92. The molecule has 0 unspecified atom stereocenters. The molecule has 2 aromatic rings. The molecule has 1 heterocycles. The summed E-state index contributed by atoms with van der Waals surface area (Å²) in [4.78, 5) is 17.8. The summed E-state index contributed by atoms with van der Waals surface area (Å²) in [7, 11) is 0. The molecule has 0 bridgehead atoms. The maximum Gasteiger partial charge on any atom is 0.254 e. The second-order valence-corrected chi connectivity index (χ2v) is 5.93. The van der Waals surface area contributed by atoms with Gasteiger partial charge in [-0.3, -0.25) is 4.79 Å². The van der Waals surface area contributed by atoms with Gasteiger partial charge in [-0.25, -0.2) is 0 Å². The standard InChI is InChI=1S/C16H23N3O/c1-4-19(11-16(2,3)10-17)15(20)13-6-5-7-14-12(13)8-9-18-14/h5-9,18H,4,10-11,17H2,1-3H3. The number of nitrogens with two attached hydrogens (primary N) is 1. The lowest BCUT2D eigenvalue weighted by atomic mass is 9.92.